The van der Waals surface area contributed by atoms with Crippen molar-refractivity contribution in [3.8, 4) is 5.75 Å². The SMILES string of the molecule is Oc1ccc([C@H]2CCCCN2)cc1F. The lowest BCUT2D eigenvalue weighted by Gasteiger charge is -2.23. The smallest absolute Gasteiger partial charge is 0.165 e. The highest BCUT2D eigenvalue weighted by atomic mass is 19.1. The van der Waals surface area contributed by atoms with E-state index in [0.29, 0.717) is 0 Å². The Morgan fingerprint density at radius 1 is 1.36 bits per heavy atom. The number of phenolic OH excluding ortho intramolecular Hbond substituents is 1. The number of hydrogen-bond acceptors (Lipinski definition) is 2. The highest BCUT2D eigenvalue weighted by molar-refractivity contribution is 5.30. The van der Waals surface area contributed by atoms with E-state index >= 15 is 0 Å². The fraction of sp³-hybridized carbons (Fsp3) is 0.455. The minimum atomic E-state index is -0.533. The van der Waals surface area contributed by atoms with E-state index in [1.165, 1.54) is 25.0 Å². The van der Waals surface area contributed by atoms with Gasteiger partial charge in [0.1, 0.15) is 0 Å². The summed E-state index contributed by atoms with van der Waals surface area (Å²) in [7, 11) is 0. The molecule has 0 amide bonds. The first-order chi connectivity index (χ1) is 6.77. The third-order valence-corrected chi connectivity index (χ3v) is 2.68. The average molecular weight is 195 g/mol. The van der Waals surface area contributed by atoms with Crippen LogP contribution in [0.5, 0.6) is 5.75 Å². The Morgan fingerprint density at radius 3 is 2.86 bits per heavy atom. The van der Waals surface area contributed by atoms with Crippen molar-refractivity contribution in [3.05, 3.63) is 29.6 Å². The van der Waals surface area contributed by atoms with Gasteiger partial charge in [-0.05, 0) is 37.1 Å². The molecule has 0 bridgehead atoms. The van der Waals surface area contributed by atoms with Gasteiger partial charge in [-0.1, -0.05) is 12.5 Å². The van der Waals surface area contributed by atoms with Crippen LogP contribution in [0.1, 0.15) is 30.9 Å². The number of nitrogens with one attached hydrogen (secondary N) is 1. The number of piperidine rings is 1. The molecular formula is C11H14FNO. The Labute approximate surface area is 82.8 Å². The summed E-state index contributed by atoms with van der Waals surface area (Å²) in [5.74, 6) is -0.806. The fourth-order valence-corrected chi connectivity index (χ4v) is 1.88. The standard InChI is InChI=1S/C11H14FNO/c12-9-7-8(4-5-11(9)14)10-3-1-2-6-13-10/h4-5,7,10,13-14H,1-3,6H2/t10-/m1/s1. The maximum Gasteiger partial charge on any atom is 0.165 e. The van der Waals surface area contributed by atoms with Crippen LogP contribution in [0.3, 0.4) is 0 Å². The monoisotopic (exact) mass is 195 g/mol. The van der Waals surface area contributed by atoms with Gasteiger partial charge in [0.05, 0.1) is 0 Å². The van der Waals surface area contributed by atoms with E-state index in [2.05, 4.69) is 5.32 Å². The zero-order valence-corrected chi connectivity index (χ0v) is 7.96. The van der Waals surface area contributed by atoms with E-state index in [-0.39, 0.29) is 11.8 Å². The molecule has 0 spiro atoms. The average Bonchev–Trinajstić information content (AvgIpc) is 2.23. The molecule has 3 heteroatoms. The van der Waals surface area contributed by atoms with Crippen molar-refractivity contribution in [2.24, 2.45) is 0 Å². The molecule has 0 radical (unpaired) electrons. The molecule has 0 unspecified atom stereocenters. The first-order valence-corrected chi connectivity index (χ1v) is 4.99. The largest absolute Gasteiger partial charge is 0.505 e. The molecule has 1 heterocycles. The number of rotatable bonds is 1. The maximum atomic E-state index is 13.1. The first-order valence-electron chi connectivity index (χ1n) is 4.99. The third-order valence-electron chi connectivity index (χ3n) is 2.68. The predicted octanol–water partition coefficient (Wildman–Crippen LogP) is 2.35. The molecule has 1 saturated heterocycles. The summed E-state index contributed by atoms with van der Waals surface area (Å²) in [6.07, 6.45) is 3.42. The van der Waals surface area contributed by atoms with E-state index in [0.717, 1.165) is 18.5 Å². The molecular weight excluding hydrogens is 181 g/mol. The Kier molecular flexibility index (Phi) is 2.68. The first kappa shape index (κ1) is 9.46. The van der Waals surface area contributed by atoms with Gasteiger partial charge in [0, 0.05) is 6.04 Å². The second-order valence-electron chi connectivity index (χ2n) is 3.71. The number of aromatic hydroxyl groups is 1. The van der Waals surface area contributed by atoms with E-state index in [9.17, 15) is 4.39 Å². The molecule has 2 N–H and O–H groups in total. The summed E-state index contributed by atoms with van der Waals surface area (Å²) in [4.78, 5) is 0. The number of benzene rings is 1. The van der Waals surface area contributed by atoms with Crippen molar-refractivity contribution in [3.63, 3.8) is 0 Å². The molecule has 0 saturated carbocycles. The van der Waals surface area contributed by atoms with Gasteiger partial charge in [0.2, 0.25) is 0 Å². The molecule has 1 atom stereocenters. The Bertz CT molecular complexity index is 321. The molecule has 2 rings (SSSR count). The molecule has 0 aromatic heterocycles. The lowest BCUT2D eigenvalue weighted by Crippen LogP contribution is -2.26. The topological polar surface area (TPSA) is 32.3 Å². The van der Waals surface area contributed by atoms with Gasteiger partial charge in [-0.2, -0.15) is 0 Å². The van der Waals surface area contributed by atoms with Crippen LogP contribution in [0.4, 0.5) is 4.39 Å². The molecule has 2 nitrogen and oxygen atoms in total. The number of phenols is 1. The molecule has 1 aromatic rings. The normalized spacial score (nSPS) is 22.2. The molecule has 14 heavy (non-hydrogen) atoms. The van der Waals surface area contributed by atoms with Crippen LogP contribution in [0, 0.1) is 5.82 Å². The summed E-state index contributed by atoms with van der Waals surface area (Å²) in [6.45, 7) is 0.993. The van der Waals surface area contributed by atoms with Gasteiger partial charge >= 0.3 is 0 Å². The van der Waals surface area contributed by atoms with Crippen molar-refractivity contribution >= 4 is 0 Å². The second kappa shape index (κ2) is 3.96. The Morgan fingerprint density at radius 2 is 2.21 bits per heavy atom. The van der Waals surface area contributed by atoms with Gasteiger partial charge < -0.3 is 10.4 Å². The van der Waals surface area contributed by atoms with Crippen molar-refractivity contribution in [1.82, 2.24) is 5.32 Å². The highest BCUT2D eigenvalue weighted by Gasteiger charge is 2.15. The van der Waals surface area contributed by atoms with Gasteiger partial charge in [0.25, 0.3) is 0 Å². The quantitative estimate of drug-likeness (QED) is 0.721. The summed E-state index contributed by atoms with van der Waals surface area (Å²) >= 11 is 0. The lowest BCUT2D eigenvalue weighted by molar-refractivity contribution is 0.405. The van der Waals surface area contributed by atoms with Crippen molar-refractivity contribution in [1.29, 1.82) is 0 Å². The summed E-state index contributed by atoms with van der Waals surface area (Å²) in [6, 6.07) is 4.86. The molecule has 1 fully saturated rings. The second-order valence-corrected chi connectivity index (χ2v) is 3.71. The van der Waals surface area contributed by atoms with E-state index in [4.69, 9.17) is 5.11 Å². The number of hydrogen-bond donors (Lipinski definition) is 2. The number of halogens is 1. The molecule has 1 aliphatic heterocycles. The van der Waals surface area contributed by atoms with Gasteiger partial charge in [-0.15, -0.1) is 0 Å². The lowest BCUT2D eigenvalue weighted by atomic mass is 9.97. The van der Waals surface area contributed by atoms with Crippen molar-refractivity contribution in [2.75, 3.05) is 6.54 Å². The van der Waals surface area contributed by atoms with Gasteiger partial charge in [0.15, 0.2) is 11.6 Å². The van der Waals surface area contributed by atoms with Crippen LogP contribution in [-0.4, -0.2) is 11.7 Å². The Balaban J connectivity index is 2.18. The van der Waals surface area contributed by atoms with Crippen LogP contribution >= 0.6 is 0 Å². The van der Waals surface area contributed by atoms with E-state index < -0.39 is 5.82 Å². The molecule has 1 aliphatic rings. The highest BCUT2D eigenvalue weighted by Crippen LogP contribution is 2.26. The Hall–Kier alpha value is -1.09. The molecule has 1 aromatic carbocycles. The van der Waals surface area contributed by atoms with E-state index in [1.807, 2.05) is 0 Å². The van der Waals surface area contributed by atoms with Crippen molar-refractivity contribution < 1.29 is 9.50 Å². The van der Waals surface area contributed by atoms with Gasteiger partial charge in [-0.25, -0.2) is 4.39 Å². The molecule has 76 valence electrons. The summed E-state index contributed by atoms with van der Waals surface area (Å²) < 4.78 is 13.1. The zero-order valence-electron chi connectivity index (χ0n) is 7.96. The van der Waals surface area contributed by atoms with E-state index in [1.54, 1.807) is 6.07 Å². The third kappa shape index (κ3) is 1.87. The van der Waals surface area contributed by atoms with Crippen molar-refractivity contribution in [2.45, 2.75) is 25.3 Å². The maximum absolute atomic E-state index is 13.1. The van der Waals surface area contributed by atoms with Gasteiger partial charge in [-0.3, -0.25) is 0 Å². The van der Waals surface area contributed by atoms with Crippen LogP contribution in [0.2, 0.25) is 0 Å². The van der Waals surface area contributed by atoms with Crippen LogP contribution in [0.15, 0.2) is 18.2 Å². The summed E-state index contributed by atoms with van der Waals surface area (Å²) in [5.41, 5.74) is 0.931. The van der Waals surface area contributed by atoms with Crippen LogP contribution in [-0.2, 0) is 0 Å². The summed E-state index contributed by atoms with van der Waals surface area (Å²) in [5, 5.41) is 12.4. The zero-order chi connectivity index (χ0) is 9.97. The van der Waals surface area contributed by atoms with Crippen LogP contribution in [0.25, 0.3) is 0 Å². The fourth-order valence-electron chi connectivity index (χ4n) is 1.88. The minimum absolute atomic E-state index is 0.249. The van der Waals surface area contributed by atoms with Crippen LogP contribution < -0.4 is 5.32 Å². The molecule has 0 aliphatic carbocycles. The minimum Gasteiger partial charge on any atom is -0.505 e. The predicted molar refractivity (Wildman–Crippen MR) is 52.7 cm³/mol.